The molecule has 1 atom stereocenters. The SMILES string of the molecule is CN(C)C(=O)c1ccc(CN[C@H](CCO)c2ccccc2)[nH]1. The van der Waals surface area contributed by atoms with E-state index >= 15 is 0 Å². The fraction of sp³-hybridized carbons (Fsp3) is 0.353. The standard InChI is InChI=1S/C17H23N3O2/c1-20(2)17(22)16-9-8-14(19-16)12-18-15(10-11-21)13-6-4-3-5-7-13/h3-9,15,18-19,21H,10-12H2,1-2H3/t15-/m1/s1. The first kappa shape index (κ1) is 16.3. The van der Waals surface area contributed by atoms with Crippen LogP contribution in [0.15, 0.2) is 42.5 Å². The van der Waals surface area contributed by atoms with Crippen LogP contribution in [0.25, 0.3) is 0 Å². The van der Waals surface area contributed by atoms with E-state index in [0.717, 1.165) is 11.3 Å². The Morgan fingerprint density at radius 1 is 1.23 bits per heavy atom. The number of benzene rings is 1. The van der Waals surface area contributed by atoms with Gasteiger partial charge in [0.05, 0.1) is 0 Å². The maximum Gasteiger partial charge on any atom is 0.269 e. The Morgan fingerprint density at radius 2 is 1.95 bits per heavy atom. The van der Waals surface area contributed by atoms with E-state index in [1.807, 2.05) is 36.4 Å². The molecule has 22 heavy (non-hydrogen) atoms. The number of amides is 1. The van der Waals surface area contributed by atoms with Crippen LogP contribution < -0.4 is 5.32 Å². The third-order valence-corrected chi connectivity index (χ3v) is 3.54. The highest BCUT2D eigenvalue weighted by atomic mass is 16.3. The van der Waals surface area contributed by atoms with Gasteiger partial charge < -0.3 is 20.3 Å². The van der Waals surface area contributed by atoms with Gasteiger partial charge in [0.15, 0.2) is 0 Å². The normalized spacial score (nSPS) is 12.1. The van der Waals surface area contributed by atoms with Gasteiger partial charge in [0, 0.05) is 39.0 Å². The molecule has 0 bridgehead atoms. The largest absolute Gasteiger partial charge is 0.396 e. The molecule has 0 saturated heterocycles. The molecule has 0 aliphatic carbocycles. The highest BCUT2D eigenvalue weighted by Crippen LogP contribution is 2.17. The maximum absolute atomic E-state index is 11.9. The zero-order valence-corrected chi connectivity index (χ0v) is 13.0. The molecule has 5 heteroatoms. The molecule has 5 nitrogen and oxygen atoms in total. The molecule has 1 aromatic heterocycles. The highest BCUT2D eigenvalue weighted by Gasteiger charge is 2.13. The number of aliphatic hydroxyl groups is 1. The van der Waals surface area contributed by atoms with E-state index in [4.69, 9.17) is 0 Å². The fourth-order valence-electron chi connectivity index (χ4n) is 2.34. The van der Waals surface area contributed by atoms with E-state index in [-0.39, 0.29) is 18.6 Å². The van der Waals surface area contributed by atoms with E-state index in [0.29, 0.717) is 18.7 Å². The van der Waals surface area contributed by atoms with Gasteiger partial charge in [-0.15, -0.1) is 0 Å². The van der Waals surface area contributed by atoms with Crippen LogP contribution in [-0.2, 0) is 6.54 Å². The van der Waals surface area contributed by atoms with Crippen molar-refractivity contribution in [2.75, 3.05) is 20.7 Å². The van der Waals surface area contributed by atoms with E-state index in [1.54, 1.807) is 25.1 Å². The Bertz CT molecular complexity index is 593. The van der Waals surface area contributed by atoms with E-state index in [2.05, 4.69) is 10.3 Å². The van der Waals surface area contributed by atoms with Crippen molar-refractivity contribution in [3.63, 3.8) is 0 Å². The number of H-pyrrole nitrogens is 1. The molecule has 0 saturated carbocycles. The number of aromatic amines is 1. The van der Waals surface area contributed by atoms with Crippen LogP contribution in [0.3, 0.4) is 0 Å². The lowest BCUT2D eigenvalue weighted by molar-refractivity contribution is 0.0822. The van der Waals surface area contributed by atoms with Gasteiger partial charge in [-0.05, 0) is 24.1 Å². The minimum Gasteiger partial charge on any atom is -0.396 e. The monoisotopic (exact) mass is 301 g/mol. The lowest BCUT2D eigenvalue weighted by Crippen LogP contribution is -2.23. The molecule has 0 radical (unpaired) electrons. The Kier molecular flexibility index (Phi) is 5.75. The Hall–Kier alpha value is -2.11. The van der Waals surface area contributed by atoms with Crippen LogP contribution in [0.2, 0.25) is 0 Å². The van der Waals surface area contributed by atoms with E-state index in [1.165, 1.54) is 0 Å². The van der Waals surface area contributed by atoms with Crippen LogP contribution in [0, 0.1) is 0 Å². The molecule has 1 amide bonds. The van der Waals surface area contributed by atoms with Gasteiger partial charge in [0.2, 0.25) is 0 Å². The third-order valence-electron chi connectivity index (χ3n) is 3.54. The number of carbonyl (C=O) groups excluding carboxylic acids is 1. The topological polar surface area (TPSA) is 68.4 Å². The molecular weight excluding hydrogens is 278 g/mol. The van der Waals surface area contributed by atoms with Crippen molar-refractivity contribution in [1.29, 1.82) is 0 Å². The zero-order valence-electron chi connectivity index (χ0n) is 13.0. The summed E-state index contributed by atoms with van der Waals surface area (Å²) in [5.41, 5.74) is 2.68. The highest BCUT2D eigenvalue weighted by molar-refractivity contribution is 5.92. The van der Waals surface area contributed by atoms with Crippen molar-refractivity contribution < 1.29 is 9.90 Å². The van der Waals surface area contributed by atoms with Crippen molar-refractivity contribution in [1.82, 2.24) is 15.2 Å². The van der Waals surface area contributed by atoms with Crippen molar-refractivity contribution in [3.8, 4) is 0 Å². The lowest BCUT2D eigenvalue weighted by Gasteiger charge is -2.18. The van der Waals surface area contributed by atoms with E-state index < -0.39 is 0 Å². The summed E-state index contributed by atoms with van der Waals surface area (Å²) in [4.78, 5) is 16.5. The number of aromatic nitrogens is 1. The number of nitrogens with zero attached hydrogens (tertiary/aromatic N) is 1. The van der Waals surface area contributed by atoms with Crippen LogP contribution >= 0.6 is 0 Å². The molecule has 0 aliphatic heterocycles. The molecule has 1 heterocycles. The number of aliphatic hydroxyl groups excluding tert-OH is 1. The number of hydrogen-bond donors (Lipinski definition) is 3. The zero-order chi connectivity index (χ0) is 15.9. The molecule has 0 unspecified atom stereocenters. The summed E-state index contributed by atoms with van der Waals surface area (Å²) in [6.07, 6.45) is 0.647. The molecule has 0 spiro atoms. The summed E-state index contributed by atoms with van der Waals surface area (Å²) in [6.45, 7) is 0.738. The van der Waals surface area contributed by atoms with Gasteiger partial charge in [0.1, 0.15) is 5.69 Å². The summed E-state index contributed by atoms with van der Waals surface area (Å²) < 4.78 is 0. The van der Waals surface area contributed by atoms with Gasteiger partial charge in [-0.2, -0.15) is 0 Å². The first-order valence-corrected chi connectivity index (χ1v) is 7.40. The summed E-state index contributed by atoms with van der Waals surface area (Å²) >= 11 is 0. The predicted molar refractivity (Wildman–Crippen MR) is 86.5 cm³/mol. The molecule has 2 aromatic rings. The first-order chi connectivity index (χ1) is 10.6. The van der Waals surface area contributed by atoms with Crippen molar-refractivity contribution in [2.24, 2.45) is 0 Å². The van der Waals surface area contributed by atoms with Crippen LogP contribution in [0.1, 0.15) is 34.2 Å². The van der Waals surface area contributed by atoms with Gasteiger partial charge in [-0.25, -0.2) is 0 Å². The molecular formula is C17H23N3O2. The number of hydrogen-bond acceptors (Lipinski definition) is 3. The van der Waals surface area contributed by atoms with Crippen molar-refractivity contribution in [2.45, 2.75) is 19.0 Å². The van der Waals surface area contributed by atoms with Crippen molar-refractivity contribution in [3.05, 3.63) is 59.4 Å². The number of nitrogens with one attached hydrogen (secondary N) is 2. The average molecular weight is 301 g/mol. The second kappa shape index (κ2) is 7.77. The third kappa shape index (κ3) is 4.19. The maximum atomic E-state index is 11.9. The summed E-state index contributed by atoms with van der Waals surface area (Å²) in [5.74, 6) is -0.0405. The molecule has 0 aliphatic rings. The molecule has 1 aromatic carbocycles. The second-order valence-corrected chi connectivity index (χ2v) is 5.45. The Balaban J connectivity index is 2.00. The second-order valence-electron chi connectivity index (χ2n) is 5.45. The first-order valence-electron chi connectivity index (χ1n) is 7.40. The minimum absolute atomic E-state index is 0.0405. The van der Waals surface area contributed by atoms with Crippen LogP contribution in [0.5, 0.6) is 0 Å². The van der Waals surface area contributed by atoms with Gasteiger partial charge in [-0.1, -0.05) is 30.3 Å². The Labute approximate surface area is 131 Å². The van der Waals surface area contributed by atoms with E-state index in [9.17, 15) is 9.90 Å². The molecule has 3 N–H and O–H groups in total. The minimum atomic E-state index is -0.0405. The summed E-state index contributed by atoms with van der Waals surface area (Å²) in [5, 5.41) is 12.7. The Morgan fingerprint density at radius 3 is 2.59 bits per heavy atom. The van der Waals surface area contributed by atoms with Gasteiger partial charge in [0.25, 0.3) is 5.91 Å². The molecule has 0 fully saturated rings. The lowest BCUT2D eigenvalue weighted by atomic mass is 10.0. The number of rotatable bonds is 7. The smallest absolute Gasteiger partial charge is 0.269 e. The number of carbonyl (C=O) groups is 1. The molecule has 118 valence electrons. The average Bonchev–Trinajstić information content (AvgIpc) is 3.00. The fourth-order valence-corrected chi connectivity index (χ4v) is 2.34. The van der Waals surface area contributed by atoms with Gasteiger partial charge >= 0.3 is 0 Å². The van der Waals surface area contributed by atoms with Crippen molar-refractivity contribution >= 4 is 5.91 Å². The predicted octanol–water partition coefficient (Wildman–Crippen LogP) is 1.93. The van der Waals surface area contributed by atoms with Crippen LogP contribution in [0.4, 0.5) is 0 Å². The summed E-state index contributed by atoms with van der Waals surface area (Å²) in [7, 11) is 3.46. The summed E-state index contributed by atoms with van der Waals surface area (Å²) in [6, 6.07) is 13.8. The van der Waals surface area contributed by atoms with Crippen LogP contribution in [-0.4, -0.2) is 41.6 Å². The van der Waals surface area contributed by atoms with Gasteiger partial charge in [-0.3, -0.25) is 4.79 Å². The molecule has 2 rings (SSSR count). The quantitative estimate of drug-likeness (QED) is 0.732.